The van der Waals surface area contributed by atoms with Crippen LogP contribution in [0.1, 0.15) is 11.1 Å². The van der Waals surface area contributed by atoms with Gasteiger partial charge in [-0.1, -0.05) is 133 Å². The highest BCUT2D eigenvalue weighted by Gasteiger charge is 2.23. The Morgan fingerprint density at radius 3 is 1.07 bits per heavy atom. The van der Waals surface area contributed by atoms with Crippen molar-refractivity contribution < 1.29 is 0 Å². The molecule has 0 bridgehead atoms. The third kappa shape index (κ3) is 5.93. The van der Waals surface area contributed by atoms with Gasteiger partial charge in [0.25, 0.3) is 0 Å². The van der Waals surface area contributed by atoms with Crippen molar-refractivity contribution in [2.24, 2.45) is 0 Å². The first-order valence-corrected chi connectivity index (χ1v) is 22.5. The highest BCUT2D eigenvalue weighted by Crippen LogP contribution is 2.45. The van der Waals surface area contributed by atoms with Crippen molar-refractivity contribution in [3.63, 3.8) is 0 Å². The number of fused-ring (bicyclic) bond motifs is 9. The van der Waals surface area contributed by atoms with Crippen LogP contribution < -0.4 is 0 Å². The fraction of sp³-hybridized carbons (Fsp3) is 0. The van der Waals surface area contributed by atoms with Gasteiger partial charge in [-0.05, 0) is 119 Å². The molecule has 0 aliphatic heterocycles. The predicted octanol–water partition coefficient (Wildman–Crippen LogP) is 15.7. The Balaban J connectivity index is 1.16. The topological polar surface area (TPSA) is 62.4 Å². The molecule has 13 aromatic rings. The number of hydrogen-bond acceptors (Lipinski definition) is 2. The zero-order chi connectivity index (χ0) is 44.6. The second-order valence-electron chi connectivity index (χ2n) is 17.1. The van der Waals surface area contributed by atoms with E-state index in [9.17, 15) is 10.5 Å². The van der Waals surface area contributed by atoms with E-state index in [1.54, 1.807) is 6.07 Å². The molecule has 0 unspecified atom stereocenters. The number of para-hydroxylation sites is 4. The molecule has 0 aliphatic rings. The van der Waals surface area contributed by atoms with Crippen LogP contribution in [0.5, 0.6) is 0 Å². The van der Waals surface area contributed by atoms with E-state index < -0.39 is 0 Å². The van der Waals surface area contributed by atoms with E-state index in [1.807, 2.05) is 24.3 Å². The van der Waals surface area contributed by atoms with Gasteiger partial charge in [-0.15, -0.1) is 0 Å². The zero-order valence-electron chi connectivity index (χ0n) is 36.1. The summed E-state index contributed by atoms with van der Waals surface area (Å²) in [5, 5.41) is 27.4. The summed E-state index contributed by atoms with van der Waals surface area (Å²) in [5.74, 6) is 0. The molecule has 0 aliphatic carbocycles. The molecule has 0 radical (unpaired) electrons. The van der Waals surface area contributed by atoms with Gasteiger partial charge in [0.1, 0.15) is 0 Å². The van der Waals surface area contributed by atoms with Gasteiger partial charge in [0.15, 0.2) is 0 Å². The van der Waals surface area contributed by atoms with Gasteiger partial charge < -0.3 is 13.7 Å². The van der Waals surface area contributed by atoms with Crippen LogP contribution in [-0.4, -0.2) is 13.7 Å². The van der Waals surface area contributed by atoms with Crippen LogP contribution in [-0.2, 0) is 0 Å². The fourth-order valence-electron chi connectivity index (χ4n) is 10.6. The van der Waals surface area contributed by atoms with Crippen LogP contribution in [0, 0.1) is 22.7 Å². The predicted molar refractivity (Wildman–Crippen MR) is 275 cm³/mol. The van der Waals surface area contributed by atoms with Crippen molar-refractivity contribution in [2.75, 3.05) is 0 Å². The van der Waals surface area contributed by atoms with E-state index in [2.05, 4.69) is 220 Å². The average molecular weight is 852 g/mol. The minimum absolute atomic E-state index is 0.443. The smallest absolute Gasteiger partial charge is 0.0992 e. The van der Waals surface area contributed by atoms with E-state index in [4.69, 9.17) is 0 Å². The molecule has 5 nitrogen and oxygen atoms in total. The highest BCUT2D eigenvalue weighted by atomic mass is 15.0. The summed E-state index contributed by atoms with van der Waals surface area (Å²) in [6.45, 7) is 0. The summed E-state index contributed by atoms with van der Waals surface area (Å²) in [7, 11) is 0. The molecule has 10 aromatic carbocycles. The quantitative estimate of drug-likeness (QED) is 0.167. The van der Waals surface area contributed by atoms with Crippen LogP contribution in [0.2, 0.25) is 0 Å². The Bertz CT molecular complexity index is 3920. The summed E-state index contributed by atoms with van der Waals surface area (Å²) in [6, 6.07) is 84.0. The Hall–Kier alpha value is -9.42. The Morgan fingerprint density at radius 2 is 0.642 bits per heavy atom. The number of aromatic nitrogens is 3. The van der Waals surface area contributed by atoms with Gasteiger partial charge in [0, 0.05) is 49.3 Å². The summed E-state index contributed by atoms with van der Waals surface area (Å²) in [4.78, 5) is 0. The highest BCUT2D eigenvalue weighted by molar-refractivity contribution is 6.14. The Kier molecular flexibility index (Phi) is 8.58. The van der Waals surface area contributed by atoms with Crippen molar-refractivity contribution >= 4 is 65.4 Å². The minimum atomic E-state index is 0.443. The third-order valence-electron chi connectivity index (χ3n) is 13.5. The normalized spacial score (nSPS) is 11.6. The molecule has 67 heavy (non-hydrogen) atoms. The molecule has 13 rings (SSSR count). The lowest BCUT2D eigenvalue weighted by Gasteiger charge is -2.20. The van der Waals surface area contributed by atoms with Crippen molar-refractivity contribution in [2.45, 2.75) is 0 Å². The minimum Gasteiger partial charge on any atom is -0.309 e. The second-order valence-corrected chi connectivity index (χ2v) is 17.1. The lowest BCUT2D eigenvalue weighted by atomic mass is 9.88. The third-order valence-corrected chi connectivity index (χ3v) is 13.5. The molecule has 3 heterocycles. The monoisotopic (exact) mass is 851 g/mol. The number of benzene rings is 10. The first-order valence-electron chi connectivity index (χ1n) is 22.5. The van der Waals surface area contributed by atoms with Crippen molar-refractivity contribution in [3.05, 3.63) is 236 Å². The summed E-state index contributed by atoms with van der Waals surface area (Å²) >= 11 is 0. The average Bonchev–Trinajstić information content (AvgIpc) is 4.04. The molecule has 3 aromatic heterocycles. The van der Waals surface area contributed by atoms with E-state index in [0.717, 1.165) is 94.3 Å². The maximum absolute atomic E-state index is 10.1. The van der Waals surface area contributed by atoms with Crippen LogP contribution in [0.4, 0.5) is 0 Å². The standard InChI is InChI=1S/C62H37N5/c63-38-40-31-41(39-64)33-44(32-40)51-36-53(43-17-5-2-6-18-43)62(37-52(51)42-15-3-1-4-16-42)67-60-29-27-45(65-56-23-11-7-19-47(56)48-20-8-12-24-57(48)65)34-54(60)55-35-46(28-30-61(55)67)66-58-25-13-9-21-49(58)50-22-10-14-26-59(50)66/h1-37H. The van der Waals surface area contributed by atoms with Gasteiger partial charge in [-0.25, -0.2) is 0 Å². The Labute approximate surface area is 386 Å². The van der Waals surface area contributed by atoms with Gasteiger partial charge >= 0.3 is 0 Å². The molecular weight excluding hydrogens is 815 g/mol. The largest absolute Gasteiger partial charge is 0.309 e. The molecule has 0 atom stereocenters. The lowest BCUT2D eigenvalue weighted by molar-refractivity contribution is 1.16. The molecule has 0 saturated carbocycles. The molecule has 0 amide bonds. The molecule has 0 saturated heterocycles. The zero-order valence-corrected chi connectivity index (χ0v) is 36.1. The molecule has 5 heteroatoms. The summed E-state index contributed by atoms with van der Waals surface area (Å²) in [5.41, 5.74) is 16.7. The molecule has 0 spiro atoms. The second kappa shape index (κ2) is 15.1. The SMILES string of the molecule is N#Cc1cc(C#N)cc(-c2cc(-c3ccccc3)c(-n3c4ccc(-n5c6ccccc6c6ccccc65)cc4c4cc(-n5c6ccccc6c6ccccc65)ccc43)cc2-c2ccccc2)c1. The number of nitriles is 2. The first kappa shape index (κ1) is 38.1. The molecule has 0 N–H and O–H groups in total. The van der Waals surface area contributed by atoms with Crippen molar-refractivity contribution in [3.8, 4) is 62.6 Å². The first-order chi connectivity index (χ1) is 33.1. The molecule has 0 fully saturated rings. The fourth-order valence-corrected chi connectivity index (χ4v) is 10.6. The van der Waals surface area contributed by atoms with Gasteiger partial charge in [0.2, 0.25) is 0 Å². The van der Waals surface area contributed by atoms with Crippen LogP contribution in [0.25, 0.3) is 116 Å². The maximum Gasteiger partial charge on any atom is 0.0992 e. The van der Waals surface area contributed by atoms with E-state index in [-0.39, 0.29) is 0 Å². The number of hydrogen-bond donors (Lipinski definition) is 0. The van der Waals surface area contributed by atoms with Crippen molar-refractivity contribution in [1.82, 2.24) is 13.7 Å². The summed E-state index contributed by atoms with van der Waals surface area (Å²) < 4.78 is 7.22. The van der Waals surface area contributed by atoms with Gasteiger partial charge in [0.05, 0.1) is 62.1 Å². The van der Waals surface area contributed by atoms with Gasteiger partial charge in [-0.3, -0.25) is 0 Å². The summed E-state index contributed by atoms with van der Waals surface area (Å²) in [6.07, 6.45) is 0. The van der Waals surface area contributed by atoms with E-state index >= 15 is 0 Å². The molecule has 310 valence electrons. The van der Waals surface area contributed by atoms with Gasteiger partial charge in [-0.2, -0.15) is 10.5 Å². The number of nitrogens with zero attached hydrogens (tertiary/aromatic N) is 5. The lowest BCUT2D eigenvalue weighted by Crippen LogP contribution is -2.01. The van der Waals surface area contributed by atoms with E-state index in [0.29, 0.717) is 11.1 Å². The maximum atomic E-state index is 10.1. The van der Waals surface area contributed by atoms with Crippen LogP contribution in [0.15, 0.2) is 224 Å². The van der Waals surface area contributed by atoms with Crippen LogP contribution in [0.3, 0.4) is 0 Å². The van der Waals surface area contributed by atoms with E-state index in [1.165, 1.54) is 21.5 Å². The van der Waals surface area contributed by atoms with Crippen LogP contribution >= 0.6 is 0 Å². The van der Waals surface area contributed by atoms with Crippen molar-refractivity contribution in [1.29, 1.82) is 10.5 Å². The Morgan fingerprint density at radius 1 is 0.269 bits per heavy atom. The number of rotatable bonds is 6. The molecular formula is C62H37N5.